The number of carboxylic acid groups (broad SMARTS) is 1. The molecule has 1 amide bonds. The van der Waals surface area contributed by atoms with Crippen molar-refractivity contribution in [3.8, 4) is 0 Å². The number of ether oxygens (including phenoxy) is 1. The molecule has 0 fully saturated rings. The number of hydrogen-bond acceptors (Lipinski definition) is 4. The first-order chi connectivity index (χ1) is 10.7. The van der Waals surface area contributed by atoms with Crippen molar-refractivity contribution in [3.05, 3.63) is 28.8 Å². The van der Waals surface area contributed by atoms with Crippen LogP contribution in [0.25, 0.3) is 0 Å². The Bertz CT molecular complexity index is 563. The zero-order chi connectivity index (χ0) is 17.6. The molecule has 0 unspecified atom stereocenters. The van der Waals surface area contributed by atoms with Gasteiger partial charge in [-0.25, -0.2) is 4.79 Å². The van der Waals surface area contributed by atoms with Gasteiger partial charge in [-0.1, -0.05) is 0 Å². The van der Waals surface area contributed by atoms with Gasteiger partial charge in [-0.05, 0) is 62.9 Å². The number of rotatable bonds is 9. The highest BCUT2D eigenvalue weighted by Gasteiger charge is 2.21. The first-order valence-corrected chi connectivity index (χ1v) is 7.52. The van der Waals surface area contributed by atoms with E-state index in [2.05, 4.69) is 0 Å². The molecule has 23 heavy (non-hydrogen) atoms. The number of carboxylic acids is 1. The van der Waals surface area contributed by atoms with E-state index in [-0.39, 0.29) is 13.2 Å². The van der Waals surface area contributed by atoms with E-state index < -0.39 is 11.6 Å². The first kappa shape index (κ1) is 19.1. The van der Waals surface area contributed by atoms with Gasteiger partial charge in [0, 0.05) is 18.8 Å². The third-order valence-electron chi connectivity index (χ3n) is 3.68. The number of amides is 1. The summed E-state index contributed by atoms with van der Waals surface area (Å²) in [5.74, 6) is -1.01. The summed E-state index contributed by atoms with van der Waals surface area (Å²) < 4.78 is 4.96. The average Bonchev–Trinajstić information content (AvgIpc) is 2.44. The van der Waals surface area contributed by atoms with Gasteiger partial charge < -0.3 is 19.8 Å². The predicted molar refractivity (Wildman–Crippen MR) is 87.6 cm³/mol. The molecule has 0 aromatic heterocycles. The minimum absolute atomic E-state index is 0.264. The standard InChI is InChI=1S/C17H25NO5/c1-12-8-14(9-15(13(12)2)17(3,4)22)18(11-19)6-5-7-23-10-16(20)21/h8-9,11,22H,5-7,10H2,1-4H3,(H,20,21). The van der Waals surface area contributed by atoms with Gasteiger partial charge in [-0.2, -0.15) is 0 Å². The number of nitrogens with zero attached hydrogens (tertiary/aromatic N) is 1. The lowest BCUT2D eigenvalue weighted by Gasteiger charge is -2.26. The van der Waals surface area contributed by atoms with E-state index in [0.717, 1.165) is 23.1 Å². The second-order valence-corrected chi connectivity index (χ2v) is 6.09. The Balaban J connectivity index is 2.84. The molecule has 0 saturated heterocycles. The summed E-state index contributed by atoms with van der Waals surface area (Å²) in [4.78, 5) is 23.3. The maximum Gasteiger partial charge on any atom is 0.329 e. The van der Waals surface area contributed by atoms with Crippen LogP contribution in [0.1, 0.15) is 37.0 Å². The Labute approximate surface area is 136 Å². The van der Waals surface area contributed by atoms with Gasteiger partial charge in [-0.15, -0.1) is 0 Å². The number of aryl methyl sites for hydroxylation is 1. The Morgan fingerprint density at radius 1 is 1.35 bits per heavy atom. The Kier molecular flexibility index (Phi) is 6.72. The van der Waals surface area contributed by atoms with Gasteiger partial charge in [0.2, 0.25) is 6.41 Å². The minimum Gasteiger partial charge on any atom is -0.480 e. The summed E-state index contributed by atoms with van der Waals surface area (Å²) in [5.41, 5.74) is 2.48. The molecule has 2 N–H and O–H groups in total. The van der Waals surface area contributed by atoms with Crippen LogP contribution in [0.4, 0.5) is 5.69 Å². The van der Waals surface area contributed by atoms with Crippen molar-refractivity contribution in [3.63, 3.8) is 0 Å². The lowest BCUT2D eigenvalue weighted by Crippen LogP contribution is -2.25. The molecule has 0 aliphatic heterocycles. The van der Waals surface area contributed by atoms with E-state index in [1.165, 1.54) is 4.90 Å². The number of hydrogen-bond donors (Lipinski definition) is 2. The van der Waals surface area contributed by atoms with Crippen LogP contribution in [-0.2, 0) is 19.9 Å². The van der Waals surface area contributed by atoms with Crippen molar-refractivity contribution in [1.82, 2.24) is 0 Å². The van der Waals surface area contributed by atoms with Gasteiger partial charge in [0.1, 0.15) is 6.61 Å². The summed E-state index contributed by atoms with van der Waals surface area (Å²) >= 11 is 0. The zero-order valence-corrected chi connectivity index (χ0v) is 14.1. The number of aliphatic hydroxyl groups is 1. The summed E-state index contributed by atoms with van der Waals surface area (Å²) in [6, 6.07) is 3.71. The highest BCUT2D eigenvalue weighted by Crippen LogP contribution is 2.30. The van der Waals surface area contributed by atoms with Gasteiger partial charge in [0.05, 0.1) is 5.60 Å². The number of carbonyl (C=O) groups is 2. The summed E-state index contributed by atoms with van der Waals surface area (Å²) in [6.07, 6.45) is 1.26. The van der Waals surface area contributed by atoms with Crippen LogP contribution in [-0.4, -0.2) is 42.4 Å². The van der Waals surface area contributed by atoms with E-state index in [9.17, 15) is 14.7 Å². The van der Waals surface area contributed by atoms with Gasteiger partial charge in [0.25, 0.3) is 0 Å². The van der Waals surface area contributed by atoms with Crippen LogP contribution in [0.3, 0.4) is 0 Å². The van der Waals surface area contributed by atoms with E-state index in [1.54, 1.807) is 13.8 Å². The molecule has 0 spiro atoms. The van der Waals surface area contributed by atoms with E-state index in [0.29, 0.717) is 18.7 Å². The van der Waals surface area contributed by atoms with Crippen molar-refractivity contribution in [2.75, 3.05) is 24.7 Å². The van der Waals surface area contributed by atoms with Gasteiger partial charge in [-0.3, -0.25) is 4.79 Å². The van der Waals surface area contributed by atoms with Crippen LogP contribution in [0.15, 0.2) is 12.1 Å². The first-order valence-electron chi connectivity index (χ1n) is 7.52. The SMILES string of the molecule is Cc1cc(N(C=O)CCCOCC(=O)O)cc(C(C)(C)O)c1C. The van der Waals surface area contributed by atoms with Crippen LogP contribution < -0.4 is 4.90 Å². The van der Waals surface area contributed by atoms with E-state index in [1.807, 2.05) is 26.0 Å². The van der Waals surface area contributed by atoms with E-state index in [4.69, 9.17) is 9.84 Å². The lowest BCUT2D eigenvalue weighted by atomic mass is 9.90. The molecule has 1 aromatic carbocycles. The van der Waals surface area contributed by atoms with Crippen molar-refractivity contribution >= 4 is 18.1 Å². The summed E-state index contributed by atoms with van der Waals surface area (Å²) in [6.45, 7) is 7.64. The molecule has 0 aliphatic carbocycles. The van der Waals surface area contributed by atoms with Crippen LogP contribution in [0.2, 0.25) is 0 Å². The molecule has 1 aromatic rings. The predicted octanol–water partition coefficient (Wildman–Crippen LogP) is 1.98. The molecule has 128 valence electrons. The Hall–Kier alpha value is -1.92. The molecule has 0 heterocycles. The average molecular weight is 323 g/mol. The number of carbonyl (C=O) groups excluding carboxylic acids is 1. The smallest absolute Gasteiger partial charge is 0.329 e. The Morgan fingerprint density at radius 3 is 2.52 bits per heavy atom. The van der Waals surface area contributed by atoms with Gasteiger partial charge in [0.15, 0.2) is 0 Å². The minimum atomic E-state index is -1.01. The van der Waals surface area contributed by atoms with Crippen LogP contribution in [0.5, 0.6) is 0 Å². The quantitative estimate of drug-likeness (QED) is 0.536. The molecule has 0 bridgehead atoms. The third kappa shape index (κ3) is 5.65. The number of anilines is 1. The molecule has 1 rings (SSSR count). The maximum atomic E-state index is 11.4. The topological polar surface area (TPSA) is 87.1 Å². The third-order valence-corrected chi connectivity index (χ3v) is 3.68. The second-order valence-electron chi connectivity index (χ2n) is 6.09. The number of benzene rings is 1. The summed E-state index contributed by atoms with van der Waals surface area (Å²) in [5, 5.41) is 18.8. The van der Waals surface area contributed by atoms with Crippen molar-refractivity contribution in [2.24, 2.45) is 0 Å². The molecule has 0 radical (unpaired) electrons. The molecule has 6 nitrogen and oxygen atoms in total. The fourth-order valence-electron chi connectivity index (χ4n) is 2.38. The molecule has 0 aliphatic rings. The highest BCUT2D eigenvalue weighted by atomic mass is 16.5. The van der Waals surface area contributed by atoms with E-state index >= 15 is 0 Å². The zero-order valence-electron chi connectivity index (χ0n) is 14.1. The maximum absolute atomic E-state index is 11.4. The van der Waals surface area contributed by atoms with Crippen molar-refractivity contribution in [2.45, 2.75) is 39.7 Å². The lowest BCUT2D eigenvalue weighted by molar-refractivity contribution is -0.142. The molecular weight excluding hydrogens is 298 g/mol. The van der Waals surface area contributed by atoms with Crippen LogP contribution >= 0.6 is 0 Å². The second kappa shape index (κ2) is 8.08. The fourth-order valence-corrected chi connectivity index (χ4v) is 2.38. The molecule has 0 saturated carbocycles. The highest BCUT2D eigenvalue weighted by molar-refractivity contribution is 5.76. The Morgan fingerprint density at radius 2 is 2.00 bits per heavy atom. The monoisotopic (exact) mass is 323 g/mol. The molecule has 0 atom stereocenters. The largest absolute Gasteiger partial charge is 0.480 e. The number of aliphatic carboxylic acids is 1. The molecular formula is C17H25NO5. The fraction of sp³-hybridized carbons (Fsp3) is 0.529. The van der Waals surface area contributed by atoms with Crippen LogP contribution in [0, 0.1) is 13.8 Å². The van der Waals surface area contributed by atoms with Gasteiger partial charge >= 0.3 is 5.97 Å². The molecule has 6 heteroatoms. The van der Waals surface area contributed by atoms with Crippen molar-refractivity contribution in [1.29, 1.82) is 0 Å². The normalized spacial score (nSPS) is 11.3. The van der Waals surface area contributed by atoms with Crippen molar-refractivity contribution < 1.29 is 24.5 Å². The summed E-state index contributed by atoms with van der Waals surface area (Å²) in [7, 11) is 0.